The van der Waals surface area contributed by atoms with E-state index in [1.807, 2.05) is 12.1 Å². The van der Waals surface area contributed by atoms with Crippen LogP contribution in [0, 0.1) is 6.92 Å². The summed E-state index contributed by atoms with van der Waals surface area (Å²) in [5.41, 5.74) is 1.17. The molecule has 0 spiro atoms. The first-order chi connectivity index (χ1) is 6.75. The van der Waals surface area contributed by atoms with Crippen LogP contribution in [-0.4, -0.2) is 19.3 Å². The van der Waals surface area contributed by atoms with Gasteiger partial charge in [0.05, 0.1) is 13.2 Å². The van der Waals surface area contributed by atoms with Gasteiger partial charge in [0.25, 0.3) is 0 Å². The zero-order chi connectivity index (χ0) is 9.97. The summed E-state index contributed by atoms with van der Waals surface area (Å²) in [6.45, 7) is 3.58. The van der Waals surface area contributed by atoms with Crippen molar-refractivity contribution in [2.75, 3.05) is 13.2 Å². The van der Waals surface area contributed by atoms with Gasteiger partial charge in [0.2, 0.25) is 0 Å². The zero-order valence-corrected chi connectivity index (χ0v) is 9.71. The lowest BCUT2D eigenvalue weighted by molar-refractivity contribution is 0.141. The largest absolute Gasteiger partial charge is 0.488 e. The summed E-state index contributed by atoms with van der Waals surface area (Å²) in [5.74, 6) is 0.954. The van der Waals surface area contributed by atoms with Crippen LogP contribution in [0.1, 0.15) is 12.0 Å². The molecule has 1 heterocycles. The van der Waals surface area contributed by atoms with E-state index in [4.69, 9.17) is 9.47 Å². The van der Waals surface area contributed by atoms with Gasteiger partial charge in [-0.25, -0.2) is 0 Å². The number of hydrogen-bond donors (Lipinski definition) is 0. The third-order valence-corrected chi connectivity index (χ3v) is 2.82. The molecule has 3 heteroatoms. The van der Waals surface area contributed by atoms with Gasteiger partial charge < -0.3 is 9.47 Å². The van der Waals surface area contributed by atoms with E-state index < -0.39 is 0 Å². The van der Waals surface area contributed by atoms with Crippen LogP contribution in [0.5, 0.6) is 5.75 Å². The smallest absolute Gasteiger partial charge is 0.124 e. The molecule has 1 saturated heterocycles. The molecule has 0 radical (unpaired) electrons. The highest BCUT2D eigenvalue weighted by Gasteiger charge is 2.17. The van der Waals surface area contributed by atoms with Gasteiger partial charge in [-0.2, -0.15) is 0 Å². The molecule has 0 amide bonds. The molecule has 1 aromatic carbocycles. The van der Waals surface area contributed by atoms with E-state index in [-0.39, 0.29) is 6.10 Å². The van der Waals surface area contributed by atoms with E-state index >= 15 is 0 Å². The van der Waals surface area contributed by atoms with Gasteiger partial charge in [0, 0.05) is 10.9 Å². The Labute approximate surface area is 92.3 Å². The molecule has 1 atom stereocenters. The SMILES string of the molecule is Cc1ccc(Br)cc1OC1CCOC1. The average Bonchev–Trinajstić information content (AvgIpc) is 2.64. The van der Waals surface area contributed by atoms with Crippen LogP contribution in [0.25, 0.3) is 0 Å². The maximum Gasteiger partial charge on any atom is 0.124 e. The van der Waals surface area contributed by atoms with Crippen LogP contribution in [-0.2, 0) is 4.74 Å². The number of benzene rings is 1. The maximum absolute atomic E-state index is 5.83. The first-order valence-corrected chi connectivity index (χ1v) is 5.55. The quantitative estimate of drug-likeness (QED) is 0.811. The Balaban J connectivity index is 2.10. The summed E-state index contributed by atoms with van der Waals surface area (Å²) in [7, 11) is 0. The molecule has 76 valence electrons. The Morgan fingerprint density at radius 1 is 1.50 bits per heavy atom. The Morgan fingerprint density at radius 3 is 3.07 bits per heavy atom. The maximum atomic E-state index is 5.83. The summed E-state index contributed by atoms with van der Waals surface area (Å²) in [6, 6.07) is 6.08. The molecule has 2 rings (SSSR count). The Morgan fingerprint density at radius 2 is 2.36 bits per heavy atom. The highest BCUT2D eigenvalue weighted by atomic mass is 79.9. The van der Waals surface area contributed by atoms with Crippen molar-refractivity contribution in [3.63, 3.8) is 0 Å². The second-order valence-electron chi connectivity index (χ2n) is 3.51. The van der Waals surface area contributed by atoms with Gasteiger partial charge in [0.1, 0.15) is 11.9 Å². The lowest BCUT2D eigenvalue weighted by Crippen LogP contribution is -2.16. The number of hydrogen-bond acceptors (Lipinski definition) is 2. The van der Waals surface area contributed by atoms with Crippen molar-refractivity contribution in [2.45, 2.75) is 19.4 Å². The lowest BCUT2D eigenvalue weighted by atomic mass is 10.2. The van der Waals surface area contributed by atoms with Crippen LogP contribution in [0.15, 0.2) is 22.7 Å². The van der Waals surface area contributed by atoms with Crippen LogP contribution in [0.4, 0.5) is 0 Å². The highest BCUT2D eigenvalue weighted by Crippen LogP contribution is 2.25. The predicted octanol–water partition coefficient (Wildman–Crippen LogP) is 2.93. The van der Waals surface area contributed by atoms with Crippen molar-refractivity contribution in [3.8, 4) is 5.75 Å². The van der Waals surface area contributed by atoms with Gasteiger partial charge in [0.15, 0.2) is 0 Å². The van der Waals surface area contributed by atoms with Crippen molar-refractivity contribution >= 4 is 15.9 Å². The summed E-state index contributed by atoms with van der Waals surface area (Å²) in [5, 5.41) is 0. The average molecular weight is 257 g/mol. The van der Waals surface area contributed by atoms with Crippen LogP contribution < -0.4 is 4.74 Å². The van der Waals surface area contributed by atoms with E-state index in [1.54, 1.807) is 0 Å². The molecule has 1 unspecified atom stereocenters. The normalized spacial score (nSPS) is 21.1. The van der Waals surface area contributed by atoms with Gasteiger partial charge in [-0.1, -0.05) is 22.0 Å². The summed E-state index contributed by atoms with van der Waals surface area (Å²) in [4.78, 5) is 0. The molecule has 1 aliphatic rings. The van der Waals surface area contributed by atoms with Gasteiger partial charge in [-0.05, 0) is 24.6 Å². The molecule has 0 aromatic heterocycles. The first kappa shape index (κ1) is 9.99. The van der Waals surface area contributed by atoms with Gasteiger partial charge in [-0.15, -0.1) is 0 Å². The number of aryl methyl sites for hydroxylation is 1. The van der Waals surface area contributed by atoms with E-state index in [1.165, 1.54) is 5.56 Å². The summed E-state index contributed by atoms with van der Waals surface area (Å²) < 4.78 is 12.1. The van der Waals surface area contributed by atoms with Gasteiger partial charge in [-0.3, -0.25) is 0 Å². The van der Waals surface area contributed by atoms with Gasteiger partial charge >= 0.3 is 0 Å². The monoisotopic (exact) mass is 256 g/mol. The fourth-order valence-corrected chi connectivity index (χ4v) is 1.83. The van der Waals surface area contributed by atoms with E-state index in [0.29, 0.717) is 6.61 Å². The molecule has 2 nitrogen and oxygen atoms in total. The molecule has 14 heavy (non-hydrogen) atoms. The fourth-order valence-electron chi connectivity index (χ4n) is 1.49. The minimum Gasteiger partial charge on any atom is -0.488 e. The second-order valence-corrected chi connectivity index (χ2v) is 4.43. The molecular formula is C11H13BrO2. The zero-order valence-electron chi connectivity index (χ0n) is 8.13. The standard InChI is InChI=1S/C11H13BrO2/c1-8-2-3-9(12)6-11(8)14-10-4-5-13-7-10/h2-3,6,10H,4-5,7H2,1H3. The lowest BCUT2D eigenvalue weighted by Gasteiger charge is -2.14. The first-order valence-electron chi connectivity index (χ1n) is 4.76. The third kappa shape index (κ3) is 2.28. The number of rotatable bonds is 2. The molecule has 0 aliphatic carbocycles. The third-order valence-electron chi connectivity index (χ3n) is 2.33. The van der Waals surface area contributed by atoms with E-state index in [2.05, 4.69) is 28.9 Å². The second kappa shape index (κ2) is 4.32. The Bertz CT molecular complexity index is 319. The Hall–Kier alpha value is -0.540. The van der Waals surface area contributed by atoms with Crippen LogP contribution in [0.2, 0.25) is 0 Å². The molecule has 0 saturated carbocycles. The van der Waals surface area contributed by atoms with Crippen molar-refractivity contribution in [2.24, 2.45) is 0 Å². The van der Waals surface area contributed by atoms with Crippen LogP contribution in [0.3, 0.4) is 0 Å². The van der Waals surface area contributed by atoms with Crippen LogP contribution >= 0.6 is 15.9 Å². The molecular weight excluding hydrogens is 244 g/mol. The van der Waals surface area contributed by atoms with Crippen molar-refractivity contribution in [3.05, 3.63) is 28.2 Å². The Kier molecular flexibility index (Phi) is 3.08. The van der Waals surface area contributed by atoms with E-state index in [9.17, 15) is 0 Å². The minimum atomic E-state index is 0.225. The number of halogens is 1. The fraction of sp³-hybridized carbons (Fsp3) is 0.455. The van der Waals surface area contributed by atoms with Crippen molar-refractivity contribution in [1.29, 1.82) is 0 Å². The van der Waals surface area contributed by atoms with Crippen molar-refractivity contribution in [1.82, 2.24) is 0 Å². The molecule has 1 aliphatic heterocycles. The van der Waals surface area contributed by atoms with E-state index in [0.717, 1.165) is 23.2 Å². The molecule has 1 aromatic rings. The minimum absolute atomic E-state index is 0.225. The molecule has 1 fully saturated rings. The summed E-state index contributed by atoms with van der Waals surface area (Å²) in [6.07, 6.45) is 1.22. The topological polar surface area (TPSA) is 18.5 Å². The predicted molar refractivity (Wildman–Crippen MR) is 58.7 cm³/mol. The highest BCUT2D eigenvalue weighted by molar-refractivity contribution is 9.10. The van der Waals surface area contributed by atoms with Crippen molar-refractivity contribution < 1.29 is 9.47 Å². The summed E-state index contributed by atoms with van der Waals surface area (Å²) >= 11 is 3.43. The molecule has 0 N–H and O–H groups in total. The molecule has 0 bridgehead atoms. The number of ether oxygens (including phenoxy) is 2.